The zero-order valence-corrected chi connectivity index (χ0v) is 18.6. The van der Waals surface area contributed by atoms with E-state index in [-0.39, 0.29) is 0 Å². The van der Waals surface area contributed by atoms with Crippen molar-refractivity contribution >= 4 is 50.2 Å². The maximum Gasteiger partial charge on any atom is 0.0541 e. The fourth-order valence-electron chi connectivity index (χ4n) is 4.65. The lowest BCUT2D eigenvalue weighted by atomic mass is 10.1. The summed E-state index contributed by atoms with van der Waals surface area (Å²) in [5.41, 5.74) is 20.0. The van der Waals surface area contributed by atoms with Gasteiger partial charge in [-0.15, -0.1) is 0 Å². The number of anilines is 5. The van der Waals surface area contributed by atoms with E-state index in [1.165, 1.54) is 21.8 Å². The van der Waals surface area contributed by atoms with Crippen molar-refractivity contribution in [1.29, 1.82) is 0 Å². The molecule has 1 heterocycles. The van der Waals surface area contributed by atoms with Gasteiger partial charge >= 0.3 is 0 Å². The first-order chi connectivity index (χ1) is 16.7. The summed E-state index contributed by atoms with van der Waals surface area (Å²) in [4.78, 5) is 2.20. The van der Waals surface area contributed by atoms with Crippen LogP contribution >= 0.6 is 0 Å². The highest BCUT2D eigenvalue weighted by Crippen LogP contribution is 2.37. The van der Waals surface area contributed by atoms with E-state index < -0.39 is 0 Å². The number of benzene rings is 5. The van der Waals surface area contributed by atoms with Crippen LogP contribution in [0, 0.1) is 0 Å². The van der Waals surface area contributed by atoms with E-state index in [0.717, 1.165) is 34.1 Å². The van der Waals surface area contributed by atoms with Gasteiger partial charge in [0.15, 0.2) is 0 Å². The minimum atomic E-state index is 0.739. The average Bonchev–Trinajstić information content (AvgIpc) is 3.21. The molecular weight excluding hydrogens is 416 g/mol. The predicted octanol–water partition coefficient (Wildman–Crippen LogP) is 7.42. The fourth-order valence-corrected chi connectivity index (χ4v) is 4.65. The Morgan fingerprint density at radius 1 is 0.441 bits per heavy atom. The van der Waals surface area contributed by atoms with Crippen molar-refractivity contribution < 1.29 is 0 Å². The zero-order valence-electron chi connectivity index (χ0n) is 18.6. The van der Waals surface area contributed by atoms with Crippen LogP contribution in [0.5, 0.6) is 0 Å². The minimum Gasteiger partial charge on any atom is -0.399 e. The molecule has 5 aromatic carbocycles. The smallest absolute Gasteiger partial charge is 0.0541 e. The molecule has 0 fully saturated rings. The number of para-hydroxylation sites is 2. The molecule has 34 heavy (non-hydrogen) atoms. The van der Waals surface area contributed by atoms with Gasteiger partial charge in [0.2, 0.25) is 0 Å². The summed E-state index contributed by atoms with van der Waals surface area (Å²) in [6.07, 6.45) is 0. The van der Waals surface area contributed by atoms with Crippen LogP contribution in [0.15, 0.2) is 121 Å². The maximum absolute atomic E-state index is 5.95. The number of aromatic nitrogens is 1. The Labute approximate surface area is 198 Å². The summed E-state index contributed by atoms with van der Waals surface area (Å²) < 4.78 is 2.32. The summed E-state index contributed by atoms with van der Waals surface area (Å²) in [6, 6.07) is 41.6. The van der Waals surface area contributed by atoms with E-state index >= 15 is 0 Å². The molecule has 0 spiro atoms. The summed E-state index contributed by atoms with van der Waals surface area (Å²) in [5.74, 6) is 0. The highest BCUT2D eigenvalue weighted by atomic mass is 15.1. The quantitative estimate of drug-likeness (QED) is 0.280. The largest absolute Gasteiger partial charge is 0.399 e. The van der Waals surface area contributed by atoms with E-state index in [1.807, 2.05) is 48.5 Å². The van der Waals surface area contributed by atoms with Gasteiger partial charge < -0.3 is 20.9 Å². The lowest BCUT2D eigenvalue weighted by Crippen LogP contribution is -2.10. The molecule has 0 bridgehead atoms. The molecular formula is C30H24N4. The first-order valence-electron chi connectivity index (χ1n) is 11.3. The lowest BCUT2D eigenvalue weighted by Gasteiger charge is -2.26. The van der Waals surface area contributed by atoms with E-state index in [2.05, 4.69) is 82.3 Å². The highest BCUT2D eigenvalue weighted by Gasteiger charge is 2.15. The third-order valence-corrected chi connectivity index (χ3v) is 6.25. The molecule has 0 saturated heterocycles. The summed E-state index contributed by atoms with van der Waals surface area (Å²) in [7, 11) is 0. The molecule has 6 rings (SSSR count). The molecule has 0 amide bonds. The number of hydrogen-bond donors (Lipinski definition) is 2. The van der Waals surface area contributed by atoms with Crippen molar-refractivity contribution in [3.05, 3.63) is 121 Å². The van der Waals surface area contributed by atoms with E-state index in [0.29, 0.717) is 0 Å². The van der Waals surface area contributed by atoms with Gasteiger partial charge in [0.1, 0.15) is 0 Å². The Kier molecular flexibility index (Phi) is 4.70. The van der Waals surface area contributed by atoms with Crippen LogP contribution in [-0.4, -0.2) is 4.57 Å². The van der Waals surface area contributed by atoms with Crippen molar-refractivity contribution in [3.8, 4) is 5.69 Å². The van der Waals surface area contributed by atoms with Crippen molar-refractivity contribution in [2.24, 2.45) is 0 Å². The van der Waals surface area contributed by atoms with Gasteiger partial charge in [-0.05, 0) is 84.9 Å². The number of rotatable bonds is 4. The molecule has 0 saturated carbocycles. The molecule has 0 radical (unpaired) electrons. The molecule has 4 nitrogen and oxygen atoms in total. The Morgan fingerprint density at radius 3 is 1.26 bits per heavy atom. The molecule has 6 aromatic rings. The van der Waals surface area contributed by atoms with E-state index in [9.17, 15) is 0 Å². The Hall–Kier alpha value is -4.70. The SMILES string of the molecule is Nc1ccc(N(c2ccc(N)cc2)c2ccc(-n3c4ccccc4c4ccccc43)cc2)cc1. The summed E-state index contributed by atoms with van der Waals surface area (Å²) in [5, 5.41) is 2.51. The van der Waals surface area contributed by atoms with Gasteiger partial charge in [0.05, 0.1) is 11.0 Å². The van der Waals surface area contributed by atoms with Gasteiger partial charge in [0, 0.05) is 44.9 Å². The van der Waals surface area contributed by atoms with Crippen LogP contribution in [0.3, 0.4) is 0 Å². The Balaban J connectivity index is 1.49. The lowest BCUT2D eigenvalue weighted by molar-refractivity contribution is 1.17. The van der Waals surface area contributed by atoms with Crippen LogP contribution < -0.4 is 16.4 Å². The topological polar surface area (TPSA) is 60.2 Å². The van der Waals surface area contributed by atoms with E-state index in [4.69, 9.17) is 11.5 Å². The van der Waals surface area contributed by atoms with Gasteiger partial charge in [-0.25, -0.2) is 0 Å². The molecule has 0 aliphatic carbocycles. The van der Waals surface area contributed by atoms with Crippen LogP contribution in [-0.2, 0) is 0 Å². The minimum absolute atomic E-state index is 0.739. The van der Waals surface area contributed by atoms with Gasteiger partial charge in [-0.2, -0.15) is 0 Å². The third-order valence-electron chi connectivity index (χ3n) is 6.25. The van der Waals surface area contributed by atoms with Crippen LogP contribution in [0.25, 0.3) is 27.5 Å². The molecule has 4 N–H and O–H groups in total. The first kappa shape index (κ1) is 19.9. The van der Waals surface area contributed by atoms with Gasteiger partial charge in [0.25, 0.3) is 0 Å². The monoisotopic (exact) mass is 440 g/mol. The molecule has 0 aliphatic heterocycles. The molecule has 0 aliphatic rings. The second-order valence-electron chi connectivity index (χ2n) is 8.40. The number of nitrogen functional groups attached to an aromatic ring is 2. The second kappa shape index (κ2) is 8.01. The predicted molar refractivity (Wildman–Crippen MR) is 144 cm³/mol. The summed E-state index contributed by atoms with van der Waals surface area (Å²) in [6.45, 7) is 0. The average molecular weight is 441 g/mol. The van der Waals surface area contributed by atoms with Crippen molar-refractivity contribution in [2.45, 2.75) is 0 Å². The van der Waals surface area contributed by atoms with E-state index in [1.54, 1.807) is 0 Å². The summed E-state index contributed by atoms with van der Waals surface area (Å²) >= 11 is 0. The van der Waals surface area contributed by atoms with Crippen LogP contribution in [0.4, 0.5) is 28.4 Å². The second-order valence-corrected chi connectivity index (χ2v) is 8.40. The normalized spacial score (nSPS) is 11.2. The van der Waals surface area contributed by atoms with Crippen LogP contribution in [0.1, 0.15) is 0 Å². The molecule has 164 valence electrons. The fraction of sp³-hybridized carbons (Fsp3) is 0. The molecule has 0 unspecified atom stereocenters. The van der Waals surface area contributed by atoms with Gasteiger partial charge in [-0.1, -0.05) is 36.4 Å². The number of hydrogen-bond acceptors (Lipinski definition) is 3. The van der Waals surface area contributed by atoms with Crippen molar-refractivity contribution in [2.75, 3.05) is 16.4 Å². The zero-order chi connectivity index (χ0) is 23.1. The Morgan fingerprint density at radius 2 is 0.824 bits per heavy atom. The number of nitrogens with two attached hydrogens (primary N) is 2. The standard InChI is InChI=1S/C30H24N4/c31-21-9-13-23(14-10-21)33(24-15-11-22(32)12-16-24)25-17-19-26(20-18-25)34-29-7-3-1-5-27(29)28-6-2-4-8-30(28)34/h1-20H,31-32H2. The van der Waals surface area contributed by atoms with Crippen molar-refractivity contribution in [3.63, 3.8) is 0 Å². The number of fused-ring (bicyclic) bond motifs is 3. The molecule has 1 aromatic heterocycles. The van der Waals surface area contributed by atoms with Crippen molar-refractivity contribution in [1.82, 2.24) is 4.57 Å². The van der Waals surface area contributed by atoms with Gasteiger partial charge in [-0.3, -0.25) is 0 Å². The third kappa shape index (κ3) is 3.33. The Bertz CT molecular complexity index is 1500. The highest BCUT2D eigenvalue weighted by molar-refractivity contribution is 6.09. The maximum atomic E-state index is 5.95. The molecule has 4 heteroatoms. The van der Waals surface area contributed by atoms with Crippen LogP contribution in [0.2, 0.25) is 0 Å². The molecule has 0 atom stereocenters. The first-order valence-corrected chi connectivity index (χ1v) is 11.3. The number of nitrogens with zero attached hydrogens (tertiary/aromatic N) is 2.